The van der Waals surface area contributed by atoms with Crippen molar-refractivity contribution in [2.45, 2.75) is 25.7 Å². The summed E-state index contributed by atoms with van der Waals surface area (Å²) in [5, 5.41) is 9.34. The predicted octanol–water partition coefficient (Wildman–Crippen LogP) is 1.70. The minimum Gasteiger partial charge on any atom is -0.389 e. The Morgan fingerprint density at radius 1 is 1.62 bits per heavy atom. The summed E-state index contributed by atoms with van der Waals surface area (Å²) in [6, 6.07) is 0. The van der Waals surface area contributed by atoms with Crippen LogP contribution in [0, 0.1) is 6.92 Å². The third-order valence-electron chi connectivity index (χ3n) is 1.79. The van der Waals surface area contributed by atoms with Crippen LogP contribution in [0.2, 0.25) is 0 Å². The Bertz CT molecular complexity index is 289. The molecule has 72 valence electrons. The Labute approximate surface area is 82.6 Å². The van der Waals surface area contributed by atoms with E-state index in [1.165, 1.54) is 0 Å². The van der Waals surface area contributed by atoms with Gasteiger partial charge in [0.2, 0.25) is 0 Å². The van der Waals surface area contributed by atoms with Gasteiger partial charge in [0.1, 0.15) is 5.82 Å². The summed E-state index contributed by atoms with van der Waals surface area (Å²) < 4.78 is 0. The minimum absolute atomic E-state index is 0.483. The molecule has 0 amide bonds. The molecule has 3 nitrogen and oxygen atoms in total. The molecule has 0 bridgehead atoms. The van der Waals surface area contributed by atoms with Crippen molar-refractivity contribution in [1.29, 1.82) is 0 Å². The van der Waals surface area contributed by atoms with E-state index in [0.717, 1.165) is 22.8 Å². The molecule has 0 aromatic carbocycles. The van der Waals surface area contributed by atoms with Gasteiger partial charge in [-0.1, -0.05) is 0 Å². The molecule has 0 spiro atoms. The molecule has 0 fully saturated rings. The van der Waals surface area contributed by atoms with Gasteiger partial charge in [-0.05, 0) is 20.1 Å². The summed E-state index contributed by atoms with van der Waals surface area (Å²) in [4.78, 5) is 8.45. The molecule has 1 aromatic heterocycles. The molecule has 0 aliphatic heterocycles. The highest BCUT2D eigenvalue weighted by Crippen LogP contribution is 2.15. The second kappa shape index (κ2) is 4.58. The second-order valence-corrected chi connectivity index (χ2v) is 3.80. The van der Waals surface area contributed by atoms with E-state index in [1.807, 2.05) is 13.2 Å². The Hall–Kier alpha value is -0.610. The molecule has 1 atom stereocenters. The van der Waals surface area contributed by atoms with E-state index in [9.17, 15) is 5.11 Å². The fraction of sp³-hybridized carbons (Fsp3) is 0.556. The van der Waals surface area contributed by atoms with E-state index in [2.05, 4.69) is 9.97 Å². The molecule has 0 aliphatic rings. The van der Waals surface area contributed by atoms with Crippen LogP contribution < -0.4 is 0 Å². The van der Waals surface area contributed by atoms with E-state index in [0.29, 0.717) is 0 Å². The summed E-state index contributed by atoms with van der Waals surface area (Å²) in [7, 11) is 0. The molecule has 1 rings (SSSR count). The maximum absolute atomic E-state index is 9.34. The maximum Gasteiger partial charge on any atom is 0.138 e. The first-order chi connectivity index (χ1) is 6.15. The first kappa shape index (κ1) is 10.5. The second-order valence-electron chi connectivity index (χ2n) is 2.94. The van der Waals surface area contributed by atoms with Gasteiger partial charge in [-0.15, -0.1) is 0 Å². The quantitative estimate of drug-likeness (QED) is 0.803. The van der Waals surface area contributed by atoms with Crippen molar-refractivity contribution in [3.63, 3.8) is 0 Å². The van der Waals surface area contributed by atoms with Crippen molar-refractivity contribution in [2.24, 2.45) is 0 Å². The zero-order valence-corrected chi connectivity index (χ0v) is 8.93. The lowest BCUT2D eigenvalue weighted by Gasteiger charge is -2.08. The molecule has 1 heterocycles. The summed E-state index contributed by atoms with van der Waals surface area (Å²) in [6.45, 7) is 3.62. The van der Waals surface area contributed by atoms with Gasteiger partial charge >= 0.3 is 0 Å². The van der Waals surface area contributed by atoms with Crippen LogP contribution in [0.15, 0.2) is 6.20 Å². The third kappa shape index (κ3) is 2.67. The number of hydrogen-bond donors (Lipinski definition) is 1. The molecular weight excluding hydrogens is 184 g/mol. The lowest BCUT2D eigenvalue weighted by atomic mass is 10.1. The number of aliphatic hydroxyl groups excluding tert-OH is 1. The van der Waals surface area contributed by atoms with Gasteiger partial charge in [0.25, 0.3) is 0 Å². The predicted molar refractivity (Wildman–Crippen MR) is 54.6 cm³/mol. The maximum atomic E-state index is 9.34. The van der Waals surface area contributed by atoms with Crippen molar-refractivity contribution >= 4 is 11.8 Å². The zero-order valence-electron chi connectivity index (χ0n) is 8.11. The topological polar surface area (TPSA) is 46.0 Å². The Morgan fingerprint density at radius 2 is 2.31 bits per heavy atom. The van der Waals surface area contributed by atoms with E-state index in [-0.39, 0.29) is 0 Å². The van der Waals surface area contributed by atoms with Gasteiger partial charge in [-0.2, -0.15) is 11.8 Å². The van der Waals surface area contributed by atoms with Gasteiger partial charge < -0.3 is 5.11 Å². The highest BCUT2D eigenvalue weighted by molar-refractivity contribution is 7.97. The summed E-state index contributed by atoms with van der Waals surface area (Å²) in [5.74, 6) is 1.65. The van der Waals surface area contributed by atoms with Gasteiger partial charge in [-0.25, -0.2) is 9.97 Å². The first-order valence-corrected chi connectivity index (χ1v) is 5.54. The van der Waals surface area contributed by atoms with Crippen molar-refractivity contribution in [3.8, 4) is 0 Å². The number of nitrogens with zero attached hydrogens (tertiary/aromatic N) is 2. The Balaban J connectivity index is 2.92. The van der Waals surface area contributed by atoms with Crippen LogP contribution in [0.3, 0.4) is 0 Å². The standard InChI is InChI=1S/C9H14N2OS/c1-6-8(7(2)12)4-10-9(11-6)5-13-3/h4,7,12H,5H2,1-3H3/t7-/m1/s1. The molecule has 13 heavy (non-hydrogen) atoms. The fourth-order valence-corrected chi connectivity index (χ4v) is 1.53. The highest BCUT2D eigenvalue weighted by atomic mass is 32.2. The van der Waals surface area contributed by atoms with Crippen molar-refractivity contribution < 1.29 is 5.11 Å². The van der Waals surface area contributed by atoms with Crippen LogP contribution >= 0.6 is 11.8 Å². The largest absolute Gasteiger partial charge is 0.389 e. The van der Waals surface area contributed by atoms with Gasteiger partial charge in [0.15, 0.2) is 0 Å². The third-order valence-corrected chi connectivity index (χ3v) is 2.34. The van der Waals surface area contributed by atoms with Crippen LogP contribution in [0.25, 0.3) is 0 Å². The molecule has 0 unspecified atom stereocenters. The van der Waals surface area contributed by atoms with Crippen molar-refractivity contribution in [3.05, 3.63) is 23.3 Å². The van der Waals surface area contributed by atoms with Crippen LogP contribution in [0.1, 0.15) is 30.1 Å². The number of hydrogen-bond acceptors (Lipinski definition) is 4. The first-order valence-electron chi connectivity index (χ1n) is 4.14. The SMILES string of the molecule is CSCc1ncc([C@@H](C)O)c(C)n1. The molecule has 1 aromatic rings. The monoisotopic (exact) mass is 198 g/mol. The Morgan fingerprint density at radius 3 is 2.77 bits per heavy atom. The lowest BCUT2D eigenvalue weighted by molar-refractivity contribution is 0.197. The summed E-state index contributed by atoms with van der Waals surface area (Å²) in [6.07, 6.45) is 3.24. The average Bonchev–Trinajstić information content (AvgIpc) is 2.04. The smallest absolute Gasteiger partial charge is 0.138 e. The van der Waals surface area contributed by atoms with Crippen LogP contribution in [-0.4, -0.2) is 21.3 Å². The molecule has 0 saturated heterocycles. The normalized spacial score (nSPS) is 12.9. The number of aryl methyl sites for hydroxylation is 1. The number of rotatable bonds is 3. The Kier molecular flexibility index (Phi) is 3.69. The zero-order chi connectivity index (χ0) is 9.84. The fourth-order valence-electron chi connectivity index (χ4n) is 1.13. The van der Waals surface area contributed by atoms with E-state index in [1.54, 1.807) is 24.9 Å². The molecule has 1 N–H and O–H groups in total. The number of aliphatic hydroxyl groups is 1. The van der Waals surface area contributed by atoms with Crippen molar-refractivity contribution in [1.82, 2.24) is 9.97 Å². The van der Waals surface area contributed by atoms with Crippen LogP contribution in [0.5, 0.6) is 0 Å². The van der Waals surface area contributed by atoms with Crippen LogP contribution in [-0.2, 0) is 5.75 Å². The van der Waals surface area contributed by atoms with E-state index >= 15 is 0 Å². The van der Waals surface area contributed by atoms with Crippen molar-refractivity contribution in [2.75, 3.05) is 6.26 Å². The average molecular weight is 198 g/mol. The number of thioether (sulfide) groups is 1. The van der Waals surface area contributed by atoms with E-state index in [4.69, 9.17) is 0 Å². The lowest BCUT2D eigenvalue weighted by Crippen LogP contribution is -2.02. The summed E-state index contributed by atoms with van der Waals surface area (Å²) in [5.41, 5.74) is 1.68. The molecule has 4 heteroatoms. The van der Waals surface area contributed by atoms with Gasteiger partial charge in [-0.3, -0.25) is 0 Å². The molecule has 0 aliphatic carbocycles. The van der Waals surface area contributed by atoms with Crippen LogP contribution in [0.4, 0.5) is 0 Å². The van der Waals surface area contributed by atoms with Gasteiger partial charge in [0.05, 0.1) is 11.9 Å². The number of aromatic nitrogens is 2. The van der Waals surface area contributed by atoms with Gasteiger partial charge in [0, 0.05) is 17.5 Å². The molecule has 0 saturated carbocycles. The molecule has 0 radical (unpaired) electrons. The van der Waals surface area contributed by atoms with E-state index < -0.39 is 6.10 Å². The molecular formula is C9H14N2OS. The minimum atomic E-state index is -0.483. The summed E-state index contributed by atoms with van der Waals surface area (Å²) >= 11 is 1.69. The highest BCUT2D eigenvalue weighted by Gasteiger charge is 2.07.